The second-order valence-electron chi connectivity index (χ2n) is 9.42. The van der Waals surface area contributed by atoms with Gasteiger partial charge in [0, 0.05) is 19.6 Å². The third-order valence-electron chi connectivity index (χ3n) is 7.02. The molecule has 0 bridgehead atoms. The summed E-state index contributed by atoms with van der Waals surface area (Å²) in [5.41, 5.74) is 9.32. The Hall–Kier alpha value is -3.55. The molecular weight excluding hydrogens is 444 g/mol. The molecule has 2 aromatic carbocycles. The van der Waals surface area contributed by atoms with Gasteiger partial charge < -0.3 is 25.4 Å². The summed E-state index contributed by atoms with van der Waals surface area (Å²) in [6.07, 6.45) is 3.66. The number of amides is 1. The summed E-state index contributed by atoms with van der Waals surface area (Å²) in [5.74, 6) is -0.677. The maximum Gasteiger partial charge on any atom is 0.304 e. The second kappa shape index (κ2) is 11.3. The number of carbonyl (C=O) groups excluding carboxylic acids is 1. The molecule has 0 unspecified atom stereocenters. The first-order valence-electron chi connectivity index (χ1n) is 12.3. The Bertz CT molecular complexity index is 1060. The maximum atomic E-state index is 13.0. The number of rotatable bonds is 9. The van der Waals surface area contributed by atoms with E-state index in [4.69, 9.17) is 15.9 Å². The zero-order valence-electron chi connectivity index (χ0n) is 20.0. The van der Waals surface area contributed by atoms with Gasteiger partial charge in [0.05, 0.1) is 18.4 Å². The Labute approximate surface area is 206 Å². The van der Waals surface area contributed by atoms with Crippen LogP contribution in [-0.4, -0.2) is 65.0 Å². The van der Waals surface area contributed by atoms with Crippen LogP contribution < -0.4 is 10.5 Å². The van der Waals surface area contributed by atoms with E-state index in [2.05, 4.69) is 18.2 Å². The fraction of sp³-hybridized carbons (Fsp3) is 0.444. The molecule has 1 fully saturated rings. The van der Waals surface area contributed by atoms with Crippen LogP contribution in [0.15, 0.2) is 48.5 Å². The molecule has 2 aromatic rings. The first kappa shape index (κ1) is 24.6. The molecule has 8 heteroatoms. The number of ether oxygens (including phenoxy) is 1. The average molecular weight is 479 g/mol. The summed E-state index contributed by atoms with van der Waals surface area (Å²) in [5, 5.41) is 17.0. The van der Waals surface area contributed by atoms with Crippen LogP contribution in [0.1, 0.15) is 36.0 Å². The molecule has 0 saturated carbocycles. The van der Waals surface area contributed by atoms with Gasteiger partial charge in [-0.1, -0.05) is 36.4 Å². The molecule has 4 N–H and O–H groups in total. The van der Waals surface area contributed by atoms with E-state index < -0.39 is 11.9 Å². The van der Waals surface area contributed by atoms with Gasteiger partial charge in [0.1, 0.15) is 12.4 Å². The van der Waals surface area contributed by atoms with Crippen LogP contribution in [0, 0.1) is 11.3 Å². The van der Waals surface area contributed by atoms with E-state index in [0.717, 1.165) is 38.0 Å². The number of hydrogen-bond donors (Lipinski definition) is 3. The fourth-order valence-corrected chi connectivity index (χ4v) is 5.13. The molecule has 4 rings (SSSR count). The van der Waals surface area contributed by atoms with E-state index in [9.17, 15) is 14.7 Å². The van der Waals surface area contributed by atoms with Gasteiger partial charge in [0.2, 0.25) is 5.91 Å². The number of carboxylic acid groups (broad SMARTS) is 1. The Balaban J connectivity index is 1.39. The standard InChI is InChI=1S/C27H34N4O4/c28-27(29)30-13-10-20-8-9-24(16-21(20)11-14-30)35-18-23-15-22(17-25(32)33)26(34)31(23)12-4-7-19-5-2-1-3-6-19/h1-3,5-6,8-9,16,22-23H,4,7,10-15,17-18H2,(H3,28,29)(H,32,33)/t22-,23-/m0/s1. The highest BCUT2D eigenvalue weighted by atomic mass is 16.5. The van der Waals surface area contributed by atoms with E-state index in [0.29, 0.717) is 26.1 Å². The van der Waals surface area contributed by atoms with Gasteiger partial charge in [-0.15, -0.1) is 0 Å². The molecule has 35 heavy (non-hydrogen) atoms. The van der Waals surface area contributed by atoms with Crippen LogP contribution in [0.3, 0.4) is 0 Å². The Morgan fingerprint density at radius 2 is 1.86 bits per heavy atom. The van der Waals surface area contributed by atoms with Crippen LogP contribution in [0.4, 0.5) is 0 Å². The fourth-order valence-electron chi connectivity index (χ4n) is 5.13. The van der Waals surface area contributed by atoms with Crippen LogP contribution >= 0.6 is 0 Å². The van der Waals surface area contributed by atoms with Crippen molar-refractivity contribution in [2.24, 2.45) is 11.7 Å². The van der Waals surface area contributed by atoms with Crippen molar-refractivity contribution in [2.75, 3.05) is 26.2 Å². The first-order valence-corrected chi connectivity index (χ1v) is 12.3. The minimum absolute atomic E-state index is 0.0830. The molecule has 0 radical (unpaired) electrons. The minimum Gasteiger partial charge on any atom is -0.491 e. The molecule has 0 aliphatic carbocycles. The van der Waals surface area contributed by atoms with E-state index in [1.54, 1.807) is 0 Å². The number of aliphatic carboxylic acids is 1. The number of hydrogen-bond acceptors (Lipinski definition) is 4. The number of carboxylic acids is 1. The molecule has 1 saturated heterocycles. The van der Waals surface area contributed by atoms with Crippen molar-refractivity contribution in [2.45, 2.75) is 44.6 Å². The number of fused-ring (bicyclic) bond motifs is 1. The molecule has 8 nitrogen and oxygen atoms in total. The van der Waals surface area contributed by atoms with E-state index in [-0.39, 0.29) is 24.3 Å². The Kier molecular flexibility index (Phi) is 7.90. The van der Waals surface area contributed by atoms with Gasteiger partial charge in [-0.2, -0.15) is 0 Å². The first-order chi connectivity index (χ1) is 16.9. The summed E-state index contributed by atoms with van der Waals surface area (Å²) in [7, 11) is 0. The highest BCUT2D eigenvalue weighted by Crippen LogP contribution is 2.29. The molecule has 0 spiro atoms. The van der Waals surface area contributed by atoms with E-state index >= 15 is 0 Å². The van der Waals surface area contributed by atoms with Crippen molar-refractivity contribution < 1.29 is 19.4 Å². The quantitative estimate of drug-likeness (QED) is 0.377. The molecular formula is C27H34N4O4. The van der Waals surface area contributed by atoms with Crippen molar-refractivity contribution in [1.29, 1.82) is 5.41 Å². The molecule has 2 aliphatic heterocycles. The van der Waals surface area contributed by atoms with Crippen molar-refractivity contribution in [1.82, 2.24) is 9.80 Å². The summed E-state index contributed by atoms with van der Waals surface area (Å²) in [4.78, 5) is 28.0. The summed E-state index contributed by atoms with van der Waals surface area (Å²) >= 11 is 0. The summed E-state index contributed by atoms with van der Waals surface area (Å²) < 4.78 is 6.15. The number of carbonyl (C=O) groups is 2. The lowest BCUT2D eigenvalue weighted by molar-refractivity contribution is -0.142. The van der Waals surface area contributed by atoms with Crippen molar-refractivity contribution in [3.8, 4) is 5.75 Å². The molecule has 2 heterocycles. The zero-order valence-corrected chi connectivity index (χ0v) is 20.0. The molecule has 0 aromatic heterocycles. The predicted molar refractivity (Wildman–Crippen MR) is 133 cm³/mol. The van der Waals surface area contributed by atoms with Crippen molar-refractivity contribution in [3.05, 3.63) is 65.2 Å². The van der Waals surface area contributed by atoms with E-state index in [1.807, 2.05) is 40.1 Å². The topological polar surface area (TPSA) is 120 Å². The number of aryl methyl sites for hydroxylation is 1. The second-order valence-corrected chi connectivity index (χ2v) is 9.42. The lowest BCUT2D eigenvalue weighted by Gasteiger charge is -2.25. The Morgan fingerprint density at radius 3 is 2.57 bits per heavy atom. The van der Waals surface area contributed by atoms with Gasteiger partial charge in [-0.3, -0.25) is 15.0 Å². The van der Waals surface area contributed by atoms with Gasteiger partial charge in [0.15, 0.2) is 5.96 Å². The number of benzene rings is 2. The molecule has 1 amide bonds. The monoisotopic (exact) mass is 478 g/mol. The zero-order chi connectivity index (χ0) is 24.8. The van der Waals surface area contributed by atoms with Gasteiger partial charge >= 0.3 is 5.97 Å². The third-order valence-corrected chi connectivity index (χ3v) is 7.02. The molecule has 2 aliphatic rings. The lowest BCUT2D eigenvalue weighted by atomic mass is 10.0. The molecule has 2 atom stereocenters. The number of nitrogens with zero attached hydrogens (tertiary/aromatic N) is 2. The summed E-state index contributed by atoms with van der Waals surface area (Å²) in [6.45, 7) is 2.36. The van der Waals surface area contributed by atoms with E-state index in [1.165, 1.54) is 16.7 Å². The average Bonchev–Trinajstić information content (AvgIpc) is 2.99. The van der Waals surface area contributed by atoms with Crippen LogP contribution in [0.5, 0.6) is 5.75 Å². The minimum atomic E-state index is -0.945. The third kappa shape index (κ3) is 6.32. The number of likely N-dealkylation sites (tertiary alicyclic amines) is 1. The predicted octanol–water partition coefficient (Wildman–Crippen LogP) is 2.68. The van der Waals surface area contributed by atoms with Crippen molar-refractivity contribution >= 4 is 17.8 Å². The highest BCUT2D eigenvalue weighted by Gasteiger charge is 2.40. The number of guanidine groups is 1. The number of nitrogens with one attached hydrogen (secondary N) is 1. The molecule has 186 valence electrons. The van der Waals surface area contributed by atoms with Gasteiger partial charge in [-0.05, 0) is 60.9 Å². The SMILES string of the molecule is N=C(N)N1CCc2ccc(OC[C@@H]3C[C@@H](CC(=O)O)C(=O)N3CCCc3ccccc3)cc2CC1. The van der Waals surface area contributed by atoms with Crippen LogP contribution in [0.25, 0.3) is 0 Å². The van der Waals surface area contributed by atoms with Gasteiger partial charge in [0.25, 0.3) is 0 Å². The largest absolute Gasteiger partial charge is 0.491 e. The highest BCUT2D eigenvalue weighted by molar-refractivity contribution is 5.85. The number of nitrogens with two attached hydrogens (primary N) is 1. The normalized spacial score (nSPS) is 19.8. The van der Waals surface area contributed by atoms with Gasteiger partial charge in [-0.25, -0.2) is 0 Å². The Morgan fingerprint density at radius 1 is 1.11 bits per heavy atom. The maximum absolute atomic E-state index is 13.0. The van der Waals surface area contributed by atoms with Crippen LogP contribution in [0.2, 0.25) is 0 Å². The summed E-state index contributed by atoms with van der Waals surface area (Å²) in [6, 6.07) is 16.1. The van der Waals surface area contributed by atoms with Crippen LogP contribution in [-0.2, 0) is 28.9 Å². The lowest BCUT2D eigenvalue weighted by Crippen LogP contribution is -2.38. The smallest absolute Gasteiger partial charge is 0.304 e. The van der Waals surface area contributed by atoms with Crippen molar-refractivity contribution in [3.63, 3.8) is 0 Å².